The van der Waals surface area contributed by atoms with Crippen LogP contribution in [0.3, 0.4) is 0 Å². The topological polar surface area (TPSA) is 138 Å². The first kappa shape index (κ1) is 26.1. The van der Waals surface area contributed by atoms with Crippen molar-refractivity contribution >= 4 is 55.5 Å². The Bertz CT molecular complexity index is 1640. The van der Waals surface area contributed by atoms with Crippen molar-refractivity contribution in [3.05, 3.63) is 82.9 Å². The normalized spacial score (nSPS) is 11.7. The predicted octanol–water partition coefficient (Wildman–Crippen LogP) is 6.82. The van der Waals surface area contributed by atoms with Crippen molar-refractivity contribution in [3.8, 4) is 11.5 Å². The lowest BCUT2D eigenvalue weighted by Gasteiger charge is -2.12. The molecular formula is C26H22ClN3O6S. The van der Waals surface area contributed by atoms with Gasteiger partial charge in [-0.1, -0.05) is 35.9 Å². The van der Waals surface area contributed by atoms with Gasteiger partial charge in [0.1, 0.15) is 22.0 Å². The van der Waals surface area contributed by atoms with E-state index in [9.17, 15) is 22.9 Å². The third-order valence-electron chi connectivity index (χ3n) is 5.42. The van der Waals surface area contributed by atoms with Gasteiger partial charge in [-0.05, 0) is 67.3 Å². The van der Waals surface area contributed by atoms with Crippen LogP contribution in [0, 0.1) is 6.92 Å². The van der Waals surface area contributed by atoms with E-state index in [1.54, 1.807) is 55.5 Å². The maximum Gasteiger partial charge on any atom is 0.296 e. The van der Waals surface area contributed by atoms with E-state index in [0.717, 1.165) is 6.07 Å². The number of hydrogen-bond donors (Lipinski definition) is 3. The molecule has 4 aromatic rings. The van der Waals surface area contributed by atoms with Gasteiger partial charge in [0.25, 0.3) is 16.0 Å². The SMILES string of the molecule is CCOc1ccc(NC(=O)c2cc3ccccc3c(N=Nc3c(C)cc(Cl)cc3S(=O)(=O)O)c2O)cc1. The van der Waals surface area contributed by atoms with Crippen LogP contribution in [0.1, 0.15) is 22.8 Å². The van der Waals surface area contributed by atoms with E-state index >= 15 is 0 Å². The number of amides is 1. The fourth-order valence-electron chi connectivity index (χ4n) is 3.72. The fourth-order valence-corrected chi connectivity index (χ4v) is 4.78. The summed E-state index contributed by atoms with van der Waals surface area (Å²) in [5.74, 6) is -0.394. The molecule has 4 aromatic carbocycles. The Morgan fingerprint density at radius 3 is 2.38 bits per heavy atom. The zero-order chi connectivity index (χ0) is 26.7. The van der Waals surface area contributed by atoms with Crippen LogP contribution in [0.25, 0.3) is 10.8 Å². The van der Waals surface area contributed by atoms with Crippen LogP contribution in [0.5, 0.6) is 11.5 Å². The molecule has 0 saturated heterocycles. The van der Waals surface area contributed by atoms with E-state index in [1.165, 1.54) is 12.1 Å². The lowest BCUT2D eigenvalue weighted by Crippen LogP contribution is -2.12. The lowest BCUT2D eigenvalue weighted by molar-refractivity contribution is 0.102. The number of nitrogens with one attached hydrogen (secondary N) is 1. The molecule has 0 aromatic heterocycles. The minimum atomic E-state index is -4.67. The minimum absolute atomic E-state index is 0.0504. The van der Waals surface area contributed by atoms with Crippen LogP contribution in [-0.4, -0.2) is 30.6 Å². The molecule has 0 heterocycles. The number of carbonyl (C=O) groups excluding carboxylic acids is 1. The van der Waals surface area contributed by atoms with Crippen molar-refractivity contribution < 1.29 is 27.6 Å². The molecule has 0 atom stereocenters. The molecule has 37 heavy (non-hydrogen) atoms. The van der Waals surface area contributed by atoms with E-state index in [1.807, 2.05) is 6.92 Å². The molecule has 0 bridgehead atoms. The second-order valence-electron chi connectivity index (χ2n) is 8.00. The number of ether oxygens (including phenoxy) is 1. The number of phenolic OH excluding ortho intramolecular Hbond substituents is 1. The maximum absolute atomic E-state index is 13.1. The highest BCUT2D eigenvalue weighted by molar-refractivity contribution is 7.86. The average Bonchev–Trinajstić information content (AvgIpc) is 2.84. The summed E-state index contributed by atoms with van der Waals surface area (Å²) in [4.78, 5) is 12.6. The van der Waals surface area contributed by atoms with Crippen LogP contribution in [0.2, 0.25) is 5.02 Å². The summed E-state index contributed by atoms with van der Waals surface area (Å²) in [6.07, 6.45) is 0. The Hall–Kier alpha value is -3.99. The van der Waals surface area contributed by atoms with E-state index < -0.39 is 26.7 Å². The molecule has 0 saturated carbocycles. The Kier molecular flexibility index (Phi) is 7.44. The van der Waals surface area contributed by atoms with Gasteiger partial charge in [-0.25, -0.2) is 0 Å². The summed E-state index contributed by atoms with van der Waals surface area (Å²) < 4.78 is 38.9. The Balaban J connectivity index is 1.79. The summed E-state index contributed by atoms with van der Waals surface area (Å²) >= 11 is 5.96. The highest BCUT2D eigenvalue weighted by Gasteiger charge is 2.21. The fraction of sp³-hybridized carbons (Fsp3) is 0.115. The van der Waals surface area contributed by atoms with Gasteiger partial charge in [0.2, 0.25) is 0 Å². The van der Waals surface area contributed by atoms with Crippen molar-refractivity contribution in [2.45, 2.75) is 18.7 Å². The van der Waals surface area contributed by atoms with Crippen molar-refractivity contribution in [2.75, 3.05) is 11.9 Å². The van der Waals surface area contributed by atoms with Crippen molar-refractivity contribution in [2.24, 2.45) is 10.2 Å². The number of halogens is 1. The van der Waals surface area contributed by atoms with Crippen LogP contribution in [0.4, 0.5) is 17.1 Å². The average molecular weight is 540 g/mol. The van der Waals surface area contributed by atoms with Gasteiger partial charge in [0, 0.05) is 16.1 Å². The van der Waals surface area contributed by atoms with E-state index in [2.05, 4.69) is 15.5 Å². The first-order valence-corrected chi connectivity index (χ1v) is 12.9. The second-order valence-corrected chi connectivity index (χ2v) is 9.82. The van der Waals surface area contributed by atoms with Gasteiger partial charge in [-0.3, -0.25) is 9.35 Å². The van der Waals surface area contributed by atoms with Gasteiger partial charge < -0.3 is 15.2 Å². The molecule has 11 heteroatoms. The van der Waals surface area contributed by atoms with Crippen LogP contribution in [-0.2, 0) is 10.1 Å². The molecular weight excluding hydrogens is 518 g/mol. The van der Waals surface area contributed by atoms with Crippen molar-refractivity contribution in [1.82, 2.24) is 0 Å². The largest absolute Gasteiger partial charge is 0.505 e. The van der Waals surface area contributed by atoms with Gasteiger partial charge in [0.05, 0.1) is 12.2 Å². The molecule has 0 radical (unpaired) electrons. The van der Waals surface area contributed by atoms with Crippen LogP contribution in [0.15, 0.2) is 81.9 Å². The summed E-state index contributed by atoms with van der Waals surface area (Å²) in [5.41, 5.74) is 0.547. The van der Waals surface area contributed by atoms with E-state index in [-0.39, 0.29) is 22.0 Å². The zero-order valence-electron chi connectivity index (χ0n) is 19.8. The van der Waals surface area contributed by atoms with E-state index in [4.69, 9.17) is 16.3 Å². The van der Waals surface area contributed by atoms with Gasteiger partial charge in [-0.15, -0.1) is 10.2 Å². The third kappa shape index (κ3) is 5.72. The molecule has 4 rings (SSSR count). The standard InChI is InChI=1S/C26H22ClN3O6S/c1-3-36-19-10-8-18(9-11-19)28-26(32)21-13-16-6-4-5-7-20(16)24(25(21)31)30-29-23-15(2)12-17(27)14-22(23)37(33,34)35/h4-14,31H,3H2,1-2H3,(H,28,32)(H,33,34,35). The highest BCUT2D eigenvalue weighted by Crippen LogP contribution is 2.41. The van der Waals surface area contributed by atoms with Crippen molar-refractivity contribution in [3.63, 3.8) is 0 Å². The number of fused-ring (bicyclic) bond motifs is 1. The van der Waals surface area contributed by atoms with Crippen LogP contribution < -0.4 is 10.1 Å². The number of carbonyl (C=O) groups is 1. The number of nitrogens with zero attached hydrogens (tertiary/aromatic N) is 2. The number of hydrogen-bond acceptors (Lipinski definition) is 7. The number of aryl methyl sites for hydroxylation is 1. The van der Waals surface area contributed by atoms with Crippen LogP contribution >= 0.6 is 11.6 Å². The number of benzene rings is 4. The van der Waals surface area contributed by atoms with Gasteiger partial charge >= 0.3 is 0 Å². The molecule has 0 unspecified atom stereocenters. The quantitative estimate of drug-likeness (QED) is 0.174. The summed E-state index contributed by atoms with van der Waals surface area (Å²) in [5, 5.41) is 23.1. The molecule has 9 nitrogen and oxygen atoms in total. The number of anilines is 1. The lowest BCUT2D eigenvalue weighted by atomic mass is 10.0. The van der Waals surface area contributed by atoms with Crippen molar-refractivity contribution in [1.29, 1.82) is 0 Å². The molecule has 0 spiro atoms. The third-order valence-corrected chi connectivity index (χ3v) is 6.51. The molecule has 0 aliphatic carbocycles. The second kappa shape index (κ2) is 10.6. The number of azo groups is 1. The monoisotopic (exact) mass is 539 g/mol. The van der Waals surface area contributed by atoms with E-state index in [0.29, 0.717) is 34.4 Å². The molecule has 0 aliphatic rings. The zero-order valence-corrected chi connectivity index (χ0v) is 21.3. The molecule has 190 valence electrons. The summed E-state index contributed by atoms with van der Waals surface area (Å²) in [7, 11) is -4.67. The first-order valence-electron chi connectivity index (χ1n) is 11.1. The number of phenols is 1. The Morgan fingerprint density at radius 2 is 1.70 bits per heavy atom. The minimum Gasteiger partial charge on any atom is -0.505 e. The summed E-state index contributed by atoms with van der Waals surface area (Å²) in [6.45, 7) is 3.92. The van der Waals surface area contributed by atoms with Gasteiger partial charge in [0.15, 0.2) is 5.75 Å². The summed E-state index contributed by atoms with van der Waals surface area (Å²) in [6, 6.07) is 17.7. The Morgan fingerprint density at radius 1 is 1.03 bits per heavy atom. The Labute approximate surface area is 218 Å². The number of aromatic hydroxyl groups is 1. The predicted molar refractivity (Wildman–Crippen MR) is 141 cm³/mol. The highest BCUT2D eigenvalue weighted by atomic mass is 35.5. The molecule has 0 fully saturated rings. The maximum atomic E-state index is 13.1. The molecule has 0 aliphatic heterocycles. The molecule has 3 N–H and O–H groups in total. The molecule has 1 amide bonds. The smallest absolute Gasteiger partial charge is 0.296 e. The first-order chi connectivity index (χ1) is 17.6. The van der Waals surface area contributed by atoms with Gasteiger partial charge in [-0.2, -0.15) is 8.42 Å². The number of rotatable bonds is 7.